The first-order valence-electron chi connectivity index (χ1n) is 7.61. The van der Waals surface area contributed by atoms with Crippen LogP contribution in [0.2, 0.25) is 5.02 Å². The SMILES string of the molecule is CCc1ccc(OC(C)C(=O)NNC(=O)c2ccc(Cl)cc2)cc1. The molecule has 1 unspecified atom stereocenters. The summed E-state index contributed by atoms with van der Waals surface area (Å²) in [7, 11) is 0. The molecule has 24 heavy (non-hydrogen) atoms. The first kappa shape index (κ1) is 17.8. The van der Waals surface area contributed by atoms with Crippen LogP contribution in [0.4, 0.5) is 0 Å². The van der Waals surface area contributed by atoms with Crippen molar-refractivity contribution in [1.29, 1.82) is 0 Å². The number of ether oxygens (including phenoxy) is 1. The maximum atomic E-state index is 12.0. The molecular formula is C18H19ClN2O3. The van der Waals surface area contributed by atoms with Crippen LogP contribution < -0.4 is 15.6 Å². The average molecular weight is 347 g/mol. The minimum atomic E-state index is -0.747. The lowest BCUT2D eigenvalue weighted by molar-refractivity contribution is -0.128. The van der Waals surface area contributed by atoms with Crippen molar-refractivity contribution in [3.63, 3.8) is 0 Å². The highest BCUT2D eigenvalue weighted by molar-refractivity contribution is 6.30. The topological polar surface area (TPSA) is 67.4 Å². The fraction of sp³-hybridized carbons (Fsp3) is 0.222. The van der Waals surface area contributed by atoms with Gasteiger partial charge in [-0.1, -0.05) is 30.7 Å². The fourth-order valence-electron chi connectivity index (χ4n) is 1.95. The van der Waals surface area contributed by atoms with E-state index >= 15 is 0 Å². The smallest absolute Gasteiger partial charge is 0.279 e. The van der Waals surface area contributed by atoms with Gasteiger partial charge in [-0.15, -0.1) is 0 Å². The fourth-order valence-corrected chi connectivity index (χ4v) is 2.08. The third-order valence-electron chi connectivity index (χ3n) is 3.42. The lowest BCUT2D eigenvalue weighted by Gasteiger charge is -2.15. The summed E-state index contributed by atoms with van der Waals surface area (Å²) in [5.74, 6) is -0.282. The highest BCUT2D eigenvalue weighted by Gasteiger charge is 2.15. The van der Waals surface area contributed by atoms with Crippen molar-refractivity contribution in [2.24, 2.45) is 0 Å². The normalized spacial score (nSPS) is 11.5. The molecule has 0 bridgehead atoms. The Morgan fingerprint density at radius 1 is 1.04 bits per heavy atom. The zero-order valence-corrected chi connectivity index (χ0v) is 14.3. The van der Waals surface area contributed by atoms with Crippen LogP contribution >= 0.6 is 11.6 Å². The molecule has 2 aromatic rings. The van der Waals surface area contributed by atoms with E-state index in [9.17, 15) is 9.59 Å². The second kappa shape index (κ2) is 8.36. The summed E-state index contributed by atoms with van der Waals surface area (Å²) in [5, 5.41) is 0.534. The number of hydrogen-bond donors (Lipinski definition) is 2. The summed E-state index contributed by atoms with van der Waals surface area (Å²) >= 11 is 5.76. The lowest BCUT2D eigenvalue weighted by atomic mass is 10.2. The van der Waals surface area contributed by atoms with Gasteiger partial charge in [-0.2, -0.15) is 0 Å². The molecule has 0 saturated carbocycles. The van der Waals surface area contributed by atoms with Gasteiger partial charge in [0.05, 0.1) is 0 Å². The average Bonchev–Trinajstić information content (AvgIpc) is 2.60. The first-order chi connectivity index (χ1) is 11.5. The van der Waals surface area contributed by atoms with Crippen LogP contribution in [-0.4, -0.2) is 17.9 Å². The number of halogens is 1. The van der Waals surface area contributed by atoms with Gasteiger partial charge >= 0.3 is 0 Å². The molecule has 2 N–H and O–H groups in total. The molecule has 6 heteroatoms. The second-order valence-electron chi connectivity index (χ2n) is 5.21. The number of carbonyl (C=O) groups is 2. The van der Waals surface area contributed by atoms with Crippen molar-refractivity contribution >= 4 is 23.4 Å². The minimum absolute atomic E-state index is 0.392. The summed E-state index contributed by atoms with van der Waals surface area (Å²) in [6, 6.07) is 13.9. The quantitative estimate of drug-likeness (QED) is 0.817. The monoisotopic (exact) mass is 346 g/mol. The van der Waals surface area contributed by atoms with Gasteiger partial charge in [-0.3, -0.25) is 20.4 Å². The van der Waals surface area contributed by atoms with Crippen LogP contribution in [0.5, 0.6) is 5.75 Å². The Hall–Kier alpha value is -2.53. The van der Waals surface area contributed by atoms with Crippen LogP contribution in [0.15, 0.2) is 48.5 Å². The van der Waals surface area contributed by atoms with Gasteiger partial charge in [0.25, 0.3) is 11.8 Å². The summed E-state index contributed by atoms with van der Waals surface area (Å²) in [4.78, 5) is 23.9. The van der Waals surface area contributed by atoms with E-state index in [1.165, 1.54) is 5.56 Å². The summed E-state index contributed by atoms with van der Waals surface area (Å²) < 4.78 is 5.55. The molecule has 0 aliphatic rings. The van der Waals surface area contributed by atoms with Crippen molar-refractivity contribution in [3.05, 3.63) is 64.7 Å². The zero-order valence-electron chi connectivity index (χ0n) is 13.5. The lowest BCUT2D eigenvalue weighted by Crippen LogP contribution is -2.47. The van der Waals surface area contributed by atoms with Crippen molar-refractivity contribution < 1.29 is 14.3 Å². The molecule has 0 heterocycles. The van der Waals surface area contributed by atoms with E-state index < -0.39 is 17.9 Å². The Morgan fingerprint density at radius 3 is 2.25 bits per heavy atom. The van der Waals surface area contributed by atoms with Gasteiger partial charge in [-0.25, -0.2) is 0 Å². The number of benzene rings is 2. The van der Waals surface area contributed by atoms with E-state index in [0.717, 1.165) is 6.42 Å². The molecule has 2 aromatic carbocycles. The molecule has 0 aliphatic heterocycles. The summed E-state index contributed by atoms with van der Waals surface area (Å²) in [5.41, 5.74) is 6.26. The third-order valence-corrected chi connectivity index (χ3v) is 3.67. The van der Waals surface area contributed by atoms with Crippen LogP contribution in [0.1, 0.15) is 29.8 Å². The van der Waals surface area contributed by atoms with Crippen LogP contribution in [0, 0.1) is 0 Å². The maximum absolute atomic E-state index is 12.0. The first-order valence-corrected chi connectivity index (χ1v) is 7.98. The van der Waals surface area contributed by atoms with E-state index in [2.05, 4.69) is 17.8 Å². The summed E-state index contributed by atoms with van der Waals surface area (Å²) in [6.45, 7) is 3.67. The molecule has 0 saturated heterocycles. The number of nitrogens with one attached hydrogen (secondary N) is 2. The second-order valence-corrected chi connectivity index (χ2v) is 5.64. The number of carbonyl (C=O) groups excluding carboxylic acids is 2. The molecule has 0 aromatic heterocycles. The highest BCUT2D eigenvalue weighted by Crippen LogP contribution is 2.14. The Bertz CT molecular complexity index is 699. The summed E-state index contributed by atoms with van der Waals surface area (Å²) in [6.07, 6.45) is 0.190. The molecule has 126 valence electrons. The van der Waals surface area contributed by atoms with Crippen LogP contribution in [0.25, 0.3) is 0 Å². The number of aryl methyl sites for hydroxylation is 1. The van der Waals surface area contributed by atoms with Crippen LogP contribution in [-0.2, 0) is 11.2 Å². The number of hydrogen-bond acceptors (Lipinski definition) is 3. The Labute approximate surface area is 145 Å². The van der Waals surface area contributed by atoms with Gasteiger partial charge in [0.2, 0.25) is 0 Å². The van der Waals surface area contributed by atoms with Crippen molar-refractivity contribution in [2.75, 3.05) is 0 Å². The zero-order chi connectivity index (χ0) is 17.5. The predicted molar refractivity (Wildman–Crippen MR) is 93.0 cm³/mol. The largest absolute Gasteiger partial charge is 0.481 e. The Balaban J connectivity index is 1.84. The van der Waals surface area contributed by atoms with E-state index in [4.69, 9.17) is 16.3 Å². The molecule has 2 amide bonds. The van der Waals surface area contributed by atoms with E-state index in [-0.39, 0.29) is 0 Å². The molecule has 0 aliphatic carbocycles. The minimum Gasteiger partial charge on any atom is -0.481 e. The molecule has 0 spiro atoms. The van der Waals surface area contributed by atoms with Gasteiger partial charge < -0.3 is 4.74 Å². The third kappa shape index (κ3) is 4.99. The van der Waals surface area contributed by atoms with Crippen molar-refractivity contribution in [2.45, 2.75) is 26.4 Å². The Morgan fingerprint density at radius 2 is 1.67 bits per heavy atom. The van der Waals surface area contributed by atoms with Crippen molar-refractivity contribution in [1.82, 2.24) is 10.9 Å². The maximum Gasteiger partial charge on any atom is 0.279 e. The molecule has 5 nitrogen and oxygen atoms in total. The molecule has 2 rings (SSSR count). The van der Waals surface area contributed by atoms with Gasteiger partial charge in [0.1, 0.15) is 5.75 Å². The van der Waals surface area contributed by atoms with Gasteiger partial charge in [0, 0.05) is 10.6 Å². The van der Waals surface area contributed by atoms with E-state index in [1.54, 1.807) is 31.2 Å². The number of rotatable bonds is 5. The number of amides is 2. The predicted octanol–water partition coefficient (Wildman–Crippen LogP) is 3.13. The Kier molecular flexibility index (Phi) is 6.21. The standard InChI is InChI=1S/C18H19ClN2O3/c1-3-13-4-10-16(11-5-13)24-12(2)17(22)20-21-18(23)14-6-8-15(19)9-7-14/h4-12H,3H2,1-2H3,(H,20,22)(H,21,23). The molecular weight excluding hydrogens is 328 g/mol. The molecule has 0 fully saturated rings. The number of hydrazine groups is 1. The van der Waals surface area contributed by atoms with Crippen LogP contribution in [0.3, 0.4) is 0 Å². The molecule has 1 atom stereocenters. The van der Waals surface area contributed by atoms with E-state index in [0.29, 0.717) is 16.3 Å². The van der Waals surface area contributed by atoms with E-state index in [1.807, 2.05) is 24.3 Å². The van der Waals surface area contributed by atoms with Crippen molar-refractivity contribution in [3.8, 4) is 5.75 Å². The molecule has 0 radical (unpaired) electrons. The van der Waals surface area contributed by atoms with Gasteiger partial charge in [-0.05, 0) is 55.3 Å². The van der Waals surface area contributed by atoms with Gasteiger partial charge in [0.15, 0.2) is 6.10 Å². The highest BCUT2D eigenvalue weighted by atomic mass is 35.5.